The molecule has 1 fully saturated rings. The zero-order chi connectivity index (χ0) is 14.0. The molecule has 0 bridgehead atoms. The van der Waals surface area contributed by atoms with Gasteiger partial charge < -0.3 is 9.72 Å². The Kier molecular flexibility index (Phi) is 4.46. The van der Waals surface area contributed by atoms with Gasteiger partial charge in [-0.15, -0.1) is 0 Å². The summed E-state index contributed by atoms with van der Waals surface area (Å²) in [5, 5.41) is 0. The fourth-order valence-corrected chi connectivity index (χ4v) is 3.12. The Labute approximate surface area is 122 Å². The van der Waals surface area contributed by atoms with Crippen molar-refractivity contribution in [1.29, 1.82) is 0 Å². The molecule has 1 N–H and O–H groups in total. The zero-order valence-corrected chi connectivity index (χ0v) is 13.3. The summed E-state index contributed by atoms with van der Waals surface area (Å²) in [6.45, 7) is 3.98. The Morgan fingerprint density at radius 1 is 1.47 bits per heavy atom. The Hall–Kier alpha value is -0.680. The van der Waals surface area contributed by atoms with Gasteiger partial charge in [-0.1, -0.05) is 19.8 Å². The lowest BCUT2D eigenvalue weighted by atomic mass is 10.00. The number of hydrogen-bond acceptors (Lipinski definition) is 3. The number of methoxy groups -OCH3 is 1. The molecule has 4 nitrogen and oxygen atoms in total. The summed E-state index contributed by atoms with van der Waals surface area (Å²) in [7, 11) is 1.65. The molecule has 0 radical (unpaired) electrons. The van der Waals surface area contributed by atoms with E-state index in [9.17, 15) is 4.79 Å². The summed E-state index contributed by atoms with van der Waals surface area (Å²) in [5.74, 6) is 1.03. The van der Waals surface area contributed by atoms with Crippen molar-refractivity contribution in [3.63, 3.8) is 0 Å². The maximum atomic E-state index is 12.1. The zero-order valence-electron chi connectivity index (χ0n) is 11.8. The fourth-order valence-electron chi connectivity index (χ4n) is 2.60. The minimum absolute atomic E-state index is 0.108. The molecular weight excluding hydrogens is 308 g/mol. The van der Waals surface area contributed by atoms with Crippen molar-refractivity contribution in [2.45, 2.75) is 57.5 Å². The standard InChI is InChI=1S/C14H21BrN2O2/c1-4-14(2,19-3)13-16-11(9-7-5-6-8-9)10(15)12(18)17-13/h9H,4-8H2,1-3H3,(H,16,17,18). The van der Waals surface area contributed by atoms with Crippen molar-refractivity contribution in [3.8, 4) is 0 Å². The molecule has 0 aromatic carbocycles. The lowest BCUT2D eigenvalue weighted by Crippen LogP contribution is -2.30. The van der Waals surface area contributed by atoms with Gasteiger partial charge in [0.05, 0.1) is 5.69 Å². The molecule has 1 atom stereocenters. The molecular formula is C14H21BrN2O2. The van der Waals surface area contributed by atoms with Crippen molar-refractivity contribution in [2.75, 3.05) is 7.11 Å². The quantitative estimate of drug-likeness (QED) is 0.920. The van der Waals surface area contributed by atoms with E-state index in [1.165, 1.54) is 12.8 Å². The highest BCUT2D eigenvalue weighted by Gasteiger charge is 2.30. The first-order valence-electron chi connectivity index (χ1n) is 6.87. The molecule has 2 rings (SSSR count). The summed E-state index contributed by atoms with van der Waals surface area (Å²) < 4.78 is 6.12. The number of nitrogens with one attached hydrogen (secondary N) is 1. The molecule has 106 valence electrons. The van der Waals surface area contributed by atoms with Crippen LogP contribution in [0, 0.1) is 0 Å². The Morgan fingerprint density at radius 3 is 2.63 bits per heavy atom. The molecule has 0 spiro atoms. The van der Waals surface area contributed by atoms with Crippen molar-refractivity contribution in [2.24, 2.45) is 0 Å². The maximum absolute atomic E-state index is 12.1. The van der Waals surface area contributed by atoms with Crippen LogP contribution in [-0.2, 0) is 10.3 Å². The smallest absolute Gasteiger partial charge is 0.265 e. The highest BCUT2D eigenvalue weighted by atomic mass is 79.9. The fraction of sp³-hybridized carbons (Fsp3) is 0.714. The Bertz CT molecular complexity index is 503. The normalized spacial score (nSPS) is 19.6. The number of aromatic amines is 1. The predicted molar refractivity (Wildman–Crippen MR) is 78.4 cm³/mol. The maximum Gasteiger partial charge on any atom is 0.265 e. The van der Waals surface area contributed by atoms with Crippen LogP contribution in [0.5, 0.6) is 0 Å². The third kappa shape index (κ3) is 2.77. The van der Waals surface area contributed by atoms with E-state index in [4.69, 9.17) is 9.72 Å². The van der Waals surface area contributed by atoms with Crippen LogP contribution in [0.2, 0.25) is 0 Å². The average molecular weight is 329 g/mol. The number of nitrogens with zero attached hydrogens (tertiary/aromatic N) is 1. The van der Waals surface area contributed by atoms with Crippen LogP contribution < -0.4 is 5.56 Å². The summed E-state index contributed by atoms with van der Waals surface area (Å²) in [6.07, 6.45) is 5.43. The monoisotopic (exact) mass is 328 g/mol. The number of halogens is 1. The molecule has 0 aliphatic heterocycles. The number of H-pyrrole nitrogens is 1. The van der Waals surface area contributed by atoms with E-state index in [1.807, 2.05) is 13.8 Å². The van der Waals surface area contributed by atoms with Crippen LogP contribution >= 0.6 is 15.9 Å². The topological polar surface area (TPSA) is 55.0 Å². The van der Waals surface area contributed by atoms with Crippen molar-refractivity contribution in [3.05, 3.63) is 26.3 Å². The van der Waals surface area contributed by atoms with Gasteiger partial charge in [0.25, 0.3) is 5.56 Å². The van der Waals surface area contributed by atoms with Crippen LogP contribution in [0.15, 0.2) is 9.27 Å². The molecule has 5 heteroatoms. The van der Waals surface area contributed by atoms with E-state index < -0.39 is 5.60 Å². The Morgan fingerprint density at radius 2 is 2.11 bits per heavy atom. The van der Waals surface area contributed by atoms with E-state index >= 15 is 0 Å². The van der Waals surface area contributed by atoms with E-state index in [0.29, 0.717) is 16.2 Å². The summed E-state index contributed by atoms with van der Waals surface area (Å²) in [6, 6.07) is 0. The first-order valence-corrected chi connectivity index (χ1v) is 7.66. The number of rotatable bonds is 4. The Balaban J connectivity index is 2.50. The molecule has 0 amide bonds. The van der Waals surface area contributed by atoms with Gasteiger partial charge in [-0.3, -0.25) is 4.79 Å². The van der Waals surface area contributed by atoms with E-state index in [1.54, 1.807) is 7.11 Å². The van der Waals surface area contributed by atoms with Gasteiger partial charge in [0.2, 0.25) is 0 Å². The van der Waals surface area contributed by atoms with Crippen molar-refractivity contribution in [1.82, 2.24) is 9.97 Å². The summed E-state index contributed by atoms with van der Waals surface area (Å²) in [4.78, 5) is 19.6. The molecule has 1 unspecified atom stereocenters. The van der Waals surface area contributed by atoms with Crippen molar-refractivity contribution < 1.29 is 4.74 Å². The van der Waals surface area contributed by atoms with E-state index in [-0.39, 0.29) is 5.56 Å². The third-order valence-corrected chi connectivity index (χ3v) is 5.02. The number of hydrogen-bond donors (Lipinski definition) is 1. The lowest BCUT2D eigenvalue weighted by Gasteiger charge is -2.26. The lowest BCUT2D eigenvalue weighted by molar-refractivity contribution is -0.00945. The van der Waals surface area contributed by atoms with Gasteiger partial charge in [-0.05, 0) is 42.1 Å². The molecule has 1 aliphatic carbocycles. The number of aromatic nitrogens is 2. The van der Waals surface area contributed by atoms with Crippen LogP contribution in [0.25, 0.3) is 0 Å². The van der Waals surface area contributed by atoms with E-state index in [2.05, 4.69) is 20.9 Å². The molecule has 1 aliphatic rings. The largest absolute Gasteiger partial charge is 0.371 e. The first-order chi connectivity index (χ1) is 9.01. The second kappa shape index (κ2) is 5.75. The highest BCUT2D eigenvalue weighted by molar-refractivity contribution is 9.10. The van der Waals surface area contributed by atoms with Crippen LogP contribution in [0.3, 0.4) is 0 Å². The van der Waals surface area contributed by atoms with Gasteiger partial charge in [-0.25, -0.2) is 4.98 Å². The van der Waals surface area contributed by atoms with Crippen LogP contribution in [-0.4, -0.2) is 17.1 Å². The SMILES string of the molecule is CCC(C)(OC)c1nc(C2CCCC2)c(Br)c(=O)[nH]1. The molecule has 1 heterocycles. The van der Waals surface area contributed by atoms with Crippen LogP contribution in [0.4, 0.5) is 0 Å². The van der Waals surface area contributed by atoms with Gasteiger partial charge >= 0.3 is 0 Å². The average Bonchev–Trinajstić information content (AvgIpc) is 2.94. The molecule has 1 aromatic rings. The first kappa shape index (κ1) is 14.7. The molecule has 0 saturated heterocycles. The van der Waals surface area contributed by atoms with Crippen LogP contribution in [0.1, 0.15) is 63.4 Å². The minimum Gasteiger partial charge on any atom is -0.371 e. The highest BCUT2D eigenvalue weighted by Crippen LogP contribution is 2.36. The van der Waals surface area contributed by atoms with Gasteiger partial charge in [0, 0.05) is 13.0 Å². The van der Waals surface area contributed by atoms with Gasteiger partial charge in [0.1, 0.15) is 15.9 Å². The number of ether oxygens (including phenoxy) is 1. The third-order valence-electron chi connectivity index (χ3n) is 4.26. The van der Waals surface area contributed by atoms with Gasteiger partial charge in [-0.2, -0.15) is 0 Å². The summed E-state index contributed by atoms with van der Waals surface area (Å²) in [5.41, 5.74) is 0.254. The van der Waals surface area contributed by atoms with Gasteiger partial charge in [0.15, 0.2) is 0 Å². The summed E-state index contributed by atoms with van der Waals surface area (Å²) >= 11 is 3.39. The van der Waals surface area contributed by atoms with E-state index in [0.717, 1.165) is 25.0 Å². The minimum atomic E-state index is -0.535. The van der Waals surface area contributed by atoms with Crippen molar-refractivity contribution >= 4 is 15.9 Å². The molecule has 1 saturated carbocycles. The molecule has 1 aromatic heterocycles. The second-order valence-corrected chi connectivity index (χ2v) is 6.18. The predicted octanol–water partition coefficient (Wildman–Crippen LogP) is 3.46. The second-order valence-electron chi connectivity index (χ2n) is 5.38. The molecule has 19 heavy (non-hydrogen) atoms.